The van der Waals surface area contributed by atoms with Crippen LogP contribution in [0, 0.1) is 5.92 Å². The van der Waals surface area contributed by atoms with Crippen LogP contribution in [0.25, 0.3) is 0 Å². The molecule has 0 saturated carbocycles. The average molecular weight is 297 g/mol. The van der Waals surface area contributed by atoms with Gasteiger partial charge in [0.15, 0.2) is 0 Å². The highest BCUT2D eigenvalue weighted by molar-refractivity contribution is 4.89. The summed E-state index contributed by atoms with van der Waals surface area (Å²) in [4.78, 5) is 0. The minimum atomic E-state index is 0.165. The van der Waals surface area contributed by atoms with Crippen molar-refractivity contribution in [2.75, 3.05) is 26.4 Å². The lowest BCUT2D eigenvalue weighted by Gasteiger charge is -2.43. The zero-order valence-corrected chi connectivity index (χ0v) is 14.2. The lowest BCUT2D eigenvalue weighted by atomic mass is 9.78. The molecule has 2 heterocycles. The van der Waals surface area contributed by atoms with E-state index in [1.54, 1.807) is 0 Å². The lowest BCUT2D eigenvalue weighted by Crippen LogP contribution is -2.44. The first-order chi connectivity index (χ1) is 10.3. The molecule has 0 aromatic rings. The van der Waals surface area contributed by atoms with E-state index in [1.165, 1.54) is 51.5 Å². The van der Waals surface area contributed by atoms with Crippen molar-refractivity contribution in [2.45, 2.75) is 83.3 Å². The lowest BCUT2D eigenvalue weighted by molar-refractivity contribution is -0.147. The minimum absolute atomic E-state index is 0.165. The molecule has 2 atom stereocenters. The average Bonchev–Trinajstić information content (AvgIpc) is 2.51. The standard InChI is InChI=1S/C18H35NO2/c1-3-5-17(19-11-4-2)7-6-16-8-12-21-18(15-16)9-13-20-14-10-18/h16-17,19H,3-15H2,1-2H3. The second kappa shape index (κ2) is 9.12. The molecule has 0 aromatic heterocycles. The van der Waals surface area contributed by atoms with E-state index < -0.39 is 0 Å². The Hall–Kier alpha value is -0.120. The molecule has 2 unspecified atom stereocenters. The van der Waals surface area contributed by atoms with Crippen LogP contribution in [0.3, 0.4) is 0 Å². The number of ether oxygens (including phenoxy) is 2. The maximum absolute atomic E-state index is 6.16. The molecule has 2 rings (SSSR count). The molecule has 0 bridgehead atoms. The van der Waals surface area contributed by atoms with Gasteiger partial charge in [-0.15, -0.1) is 0 Å². The van der Waals surface area contributed by atoms with Gasteiger partial charge in [-0.25, -0.2) is 0 Å². The molecule has 2 aliphatic heterocycles. The van der Waals surface area contributed by atoms with Crippen molar-refractivity contribution in [3.05, 3.63) is 0 Å². The Bertz CT molecular complexity index is 271. The van der Waals surface area contributed by atoms with Crippen LogP contribution in [-0.2, 0) is 9.47 Å². The molecule has 2 aliphatic rings. The summed E-state index contributed by atoms with van der Waals surface area (Å²) >= 11 is 0. The molecular weight excluding hydrogens is 262 g/mol. The SMILES string of the molecule is CCCNC(CCC)CCC1CCOC2(CCOCC2)C1. The molecule has 1 spiro atoms. The quantitative estimate of drug-likeness (QED) is 0.737. The molecule has 1 N–H and O–H groups in total. The topological polar surface area (TPSA) is 30.5 Å². The fraction of sp³-hybridized carbons (Fsp3) is 1.00. The summed E-state index contributed by atoms with van der Waals surface area (Å²) in [5.41, 5.74) is 0.165. The van der Waals surface area contributed by atoms with E-state index in [1.807, 2.05) is 0 Å². The van der Waals surface area contributed by atoms with Crippen molar-refractivity contribution in [1.29, 1.82) is 0 Å². The van der Waals surface area contributed by atoms with E-state index in [4.69, 9.17) is 9.47 Å². The van der Waals surface area contributed by atoms with E-state index in [-0.39, 0.29) is 5.60 Å². The van der Waals surface area contributed by atoms with Crippen molar-refractivity contribution in [1.82, 2.24) is 5.32 Å². The highest BCUT2D eigenvalue weighted by Gasteiger charge is 2.38. The van der Waals surface area contributed by atoms with Gasteiger partial charge in [0.1, 0.15) is 0 Å². The van der Waals surface area contributed by atoms with Crippen LogP contribution in [0.5, 0.6) is 0 Å². The highest BCUT2D eigenvalue weighted by Crippen LogP contribution is 2.38. The molecule has 0 amide bonds. The monoisotopic (exact) mass is 297 g/mol. The van der Waals surface area contributed by atoms with Crippen LogP contribution in [-0.4, -0.2) is 38.0 Å². The fourth-order valence-corrected chi connectivity index (χ4v) is 3.95. The molecule has 0 radical (unpaired) electrons. The van der Waals surface area contributed by atoms with Crippen molar-refractivity contribution in [2.24, 2.45) is 5.92 Å². The van der Waals surface area contributed by atoms with Gasteiger partial charge in [0.2, 0.25) is 0 Å². The van der Waals surface area contributed by atoms with E-state index >= 15 is 0 Å². The summed E-state index contributed by atoms with van der Waals surface area (Å²) in [5, 5.41) is 3.73. The minimum Gasteiger partial charge on any atom is -0.381 e. The molecule has 124 valence electrons. The Morgan fingerprint density at radius 3 is 2.62 bits per heavy atom. The van der Waals surface area contributed by atoms with Gasteiger partial charge in [-0.1, -0.05) is 20.3 Å². The van der Waals surface area contributed by atoms with Gasteiger partial charge >= 0.3 is 0 Å². The Morgan fingerprint density at radius 1 is 1.10 bits per heavy atom. The van der Waals surface area contributed by atoms with E-state index in [0.29, 0.717) is 0 Å². The van der Waals surface area contributed by atoms with Crippen LogP contribution in [0.1, 0.15) is 71.6 Å². The summed E-state index contributed by atoms with van der Waals surface area (Å²) in [6.45, 7) is 8.47. The molecular formula is C18H35NO2. The number of hydrogen-bond donors (Lipinski definition) is 1. The summed E-state index contributed by atoms with van der Waals surface area (Å²) in [6.07, 6.45) is 11.3. The third-order valence-corrected chi connectivity index (χ3v) is 5.24. The van der Waals surface area contributed by atoms with Crippen molar-refractivity contribution >= 4 is 0 Å². The molecule has 2 fully saturated rings. The molecule has 3 nitrogen and oxygen atoms in total. The van der Waals surface area contributed by atoms with Gasteiger partial charge in [-0.3, -0.25) is 0 Å². The Labute approximate surface area is 131 Å². The van der Waals surface area contributed by atoms with Gasteiger partial charge in [0.05, 0.1) is 5.60 Å². The summed E-state index contributed by atoms with van der Waals surface area (Å²) in [5.74, 6) is 0.861. The number of rotatable bonds is 8. The zero-order chi connectivity index (χ0) is 15.0. The number of hydrogen-bond acceptors (Lipinski definition) is 3. The van der Waals surface area contributed by atoms with Crippen molar-refractivity contribution in [3.63, 3.8) is 0 Å². The molecule has 2 saturated heterocycles. The predicted molar refractivity (Wildman–Crippen MR) is 87.7 cm³/mol. The third-order valence-electron chi connectivity index (χ3n) is 5.24. The Morgan fingerprint density at radius 2 is 1.90 bits per heavy atom. The highest BCUT2D eigenvalue weighted by atomic mass is 16.5. The smallest absolute Gasteiger partial charge is 0.0729 e. The largest absolute Gasteiger partial charge is 0.381 e. The van der Waals surface area contributed by atoms with E-state index in [9.17, 15) is 0 Å². The summed E-state index contributed by atoms with van der Waals surface area (Å²) in [7, 11) is 0. The Kier molecular flexibility index (Phi) is 7.48. The van der Waals surface area contributed by atoms with Gasteiger partial charge in [-0.2, -0.15) is 0 Å². The van der Waals surface area contributed by atoms with Crippen LogP contribution in [0.4, 0.5) is 0 Å². The normalized spacial score (nSPS) is 26.9. The maximum atomic E-state index is 6.16. The van der Waals surface area contributed by atoms with Crippen LogP contribution < -0.4 is 5.32 Å². The first-order valence-corrected chi connectivity index (χ1v) is 9.23. The van der Waals surface area contributed by atoms with Crippen LogP contribution >= 0.6 is 0 Å². The molecule has 3 heteroatoms. The van der Waals surface area contributed by atoms with Crippen molar-refractivity contribution < 1.29 is 9.47 Å². The second-order valence-electron chi connectivity index (χ2n) is 7.02. The first-order valence-electron chi connectivity index (χ1n) is 9.23. The van der Waals surface area contributed by atoms with Gasteiger partial charge in [0.25, 0.3) is 0 Å². The summed E-state index contributed by atoms with van der Waals surface area (Å²) < 4.78 is 11.7. The molecule has 0 aliphatic carbocycles. The predicted octanol–water partition coefficient (Wildman–Crippen LogP) is 3.91. The molecule has 0 aromatic carbocycles. The maximum Gasteiger partial charge on any atom is 0.0729 e. The van der Waals surface area contributed by atoms with E-state index in [0.717, 1.165) is 44.6 Å². The third kappa shape index (κ3) is 5.54. The van der Waals surface area contributed by atoms with E-state index in [2.05, 4.69) is 19.2 Å². The number of nitrogens with one attached hydrogen (secondary N) is 1. The Balaban J connectivity index is 1.75. The van der Waals surface area contributed by atoms with Gasteiger partial charge in [0, 0.05) is 25.9 Å². The summed E-state index contributed by atoms with van der Waals surface area (Å²) in [6, 6.07) is 0.725. The van der Waals surface area contributed by atoms with Crippen LogP contribution in [0.15, 0.2) is 0 Å². The first kappa shape index (κ1) is 17.2. The zero-order valence-electron chi connectivity index (χ0n) is 14.2. The fourth-order valence-electron chi connectivity index (χ4n) is 3.95. The van der Waals surface area contributed by atoms with Crippen LogP contribution in [0.2, 0.25) is 0 Å². The van der Waals surface area contributed by atoms with Gasteiger partial charge < -0.3 is 14.8 Å². The molecule has 21 heavy (non-hydrogen) atoms. The van der Waals surface area contributed by atoms with Crippen molar-refractivity contribution in [3.8, 4) is 0 Å². The second-order valence-corrected chi connectivity index (χ2v) is 7.02. The van der Waals surface area contributed by atoms with Gasteiger partial charge in [-0.05, 0) is 63.8 Å².